The highest BCUT2D eigenvalue weighted by Gasteiger charge is 2.20. The van der Waals surface area contributed by atoms with Crippen LogP contribution < -0.4 is 0 Å². The molecule has 0 saturated heterocycles. The minimum absolute atomic E-state index is 0.145. The molecule has 0 aromatic heterocycles. The molecule has 1 aromatic carbocycles. The summed E-state index contributed by atoms with van der Waals surface area (Å²) >= 11 is 9.07. The molecule has 4 heteroatoms. The maximum Gasteiger partial charge on any atom is 0.181 e. The van der Waals surface area contributed by atoms with E-state index in [1.165, 1.54) is 0 Å². The van der Waals surface area contributed by atoms with Crippen LogP contribution in [0.1, 0.15) is 30.1 Å². The monoisotopic (exact) mass is 299 g/mol. The molecule has 0 amide bonds. The van der Waals surface area contributed by atoms with E-state index in [0.29, 0.717) is 21.5 Å². The molecule has 0 aliphatic rings. The van der Waals surface area contributed by atoms with E-state index in [1.54, 1.807) is 18.2 Å². The van der Waals surface area contributed by atoms with Crippen LogP contribution in [0.2, 0.25) is 5.02 Å². The third-order valence-electron chi connectivity index (χ3n) is 2.25. The molecule has 0 heterocycles. The fourth-order valence-corrected chi connectivity index (χ4v) is 2.30. The number of nitriles is 1. The van der Waals surface area contributed by atoms with Crippen molar-refractivity contribution >= 4 is 33.3 Å². The molecule has 1 rings (SSSR count). The molecule has 84 valence electrons. The average Bonchev–Trinajstić information content (AvgIpc) is 2.25. The Hall–Kier alpha value is -0.850. The fourth-order valence-electron chi connectivity index (χ4n) is 1.42. The van der Waals surface area contributed by atoms with Gasteiger partial charge >= 0.3 is 0 Å². The van der Waals surface area contributed by atoms with Gasteiger partial charge in [0.15, 0.2) is 5.78 Å². The maximum atomic E-state index is 12.0. The molecule has 0 saturated carbocycles. The topological polar surface area (TPSA) is 40.9 Å². The summed E-state index contributed by atoms with van der Waals surface area (Å²) in [5.41, 5.74) is 0.518. The van der Waals surface area contributed by atoms with E-state index in [2.05, 4.69) is 15.9 Å². The molecule has 1 unspecified atom stereocenters. The van der Waals surface area contributed by atoms with Crippen molar-refractivity contribution in [2.24, 2.45) is 5.92 Å². The van der Waals surface area contributed by atoms with Crippen molar-refractivity contribution in [1.29, 1.82) is 5.26 Å². The molecule has 0 spiro atoms. The third-order valence-corrected chi connectivity index (χ3v) is 3.14. The molecule has 1 atom stereocenters. The highest BCUT2D eigenvalue weighted by molar-refractivity contribution is 9.10. The van der Waals surface area contributed by atoms with Crippen LogP contribution >= 0.6 is 27.5 Å². The zero-order valence-electron chi connectivity index (χ0n) is 8.84. The van der Waals surface area contributed by atoms with Crippen molar-refractivity contribution in [2.45, 2.75) is 19.8 Å². The normalized spacial score (nSPS) is 11.9. The largest absolute Gasteiger partial charge is 0.293 e. The van der Waals surface area contributed by atoms with E-state index in [4.69, 9.17) is 16.9 Å². The number of ketones is 1. The number of hydrogen-bond acceptors (Lipinski definition) is 2. The van der Waals surface area contributed by atoms with Crippen LogP contribution in [0.3, 0.4) is 0 Å². The molecule has 0 fully saturated rings. The number of Topliss-reactive ketones (excluding diaryl/α,β-unsaturated/α-hetero) is 1. The number of rotatable bonds is 4. The van der Waals surface area contributed by atoms with Crippen molar-refractivity contribution in [3.05, 3.63) is 33.3 Å². The molecule has 2 nitrogen and oxygen atoms in total. The zero-order chi connectivity index (χ0) is 12.1. The van der Waals surface area contributed by atoms with Gasteiger partial charge in [0.25, 0.3) is 0 Å². The van der Waals surface area contributed by atoms with E-state index in [0.717, 1.165) is 6.42 Å². The molecular formula is C12H11BrClNO. The second kappa shape index (κ2) is 6.03. The molecular weight excluding hydrogens is 289 g/mol. The summed E-state index contributed by atoms with van der Waals surface area (Å²) < 4.78 is 0.640. The lowest BCUT2D eigenvalue weighted by molar-refractivity contribution is 0.0943. The van der Waals surface area contributed by atoms with Crippen molar-refractivity contribution in [1.82, 2.24) is 0 Å². The maximum absolute atomic E-state index is 12.0. The van der Waals surface area contributed by atoms with Gasteiger partial charge in [-0.25, -0.2) is 0 Å². The second-order valence-electron chi connectivity index (χ2n) is 3.46. The van der Waals surface area contributed by atoms with Gasteiger partial charge in [0.05, 0.1) is 6.07 Å². The number of nitrogens with zero attached hydrogens (tertiary/aromatic N) is 1. The van der Waals surface area contributed by atoms with Gasteiger partial charge in [-0.05, 0) is 40.5 Å². The Morgan fingerprint density at radius 2 is 2.31 bits per heavy atom. The van der Waals surface area contributed by atoms with E-state index in [-0.39, 0.29) is 5.78 Å². The summed E-state index contributed by atoms with van der Waals surface area (Å²) in [6.07, 6.45) is 1.40. The van der Waals surface area contributed by atoms with Gasteiger partial charge in [-0.15, -0.1) is 0 Å². The van der Waals surface area contributed by atoms with Gasteiger partial charge in [0.1, 0.15) is 5.92 Å². The summed E-state index contributed by atoms with van der Waals surface area (Å²) in [6.45, 7) is 1.95. The van der Waals surface area contributed by atoms with E-state index >= 15 is 0 Å². The van der Waals surface area contributed by atoms with Crippen LogP contribution in [0.15, 0.2) is 22.7 Å². The Balaban J connectivity index is 3.00. The molecule has 0 aliphatic heterocycles. The van der Waals surface area contributed by atoms with Gasteiger partial charge in [-0.1, -0.05) is 24.9 Å². The first-order valence-electron chi connectivity index (χ1n) is 4.99. The molecule has 0 N–H and O–H groups in total. The van der Waals surface area contributed by atoms with Gasteiger partial charge in [0, 0.05) is 15.1 Å². The summed E-state index contributed by atoms with van der Waals surface area (Å²) in [4.78, 5) is 12.0. The first-order chi connectivity index (χ1) is 7.60. The van der Waals surface area contributed by atoms with Crippen LogP contribution in [0.25, 0.3) is 0 Å². The lowest BCUT2D eigenvalue weighted by Gasteiger charge is -2.08. The summed E-state index contributed by atoms with van der Waals surface area (Å²) in [6, 6.07) is 7.00. The number of benzene rings is 1. The number of carbonyl (C=O) groups excluding carboxylic acids is 1. The summed E-state index contributed by atoms with van der Waals surface area (Å²) in [5.74, 6) is -0.713. The predicted octanol–water partition coefficient (Wildman–Crippen LogP) is 4.23. The van der Waals surface area contributed by atoms with Crippen molar-refractivity contribution in [3.63, 3.8) is 0 Å². The molecule has 16 heavy (non-hydrogen) atoms. The van der Waals surface area contributed by atoms with Crippen LogP contribution in [0, 0.1) is 17.2 Å². The van der Waals surface area contributed by atoms with Crippen molar-refractivity contribution < 1.29 is 4.79 Å². The van der Waals surface area contributed by atoms with Gasteiger partial charge < -0.3 is 0 Å². The second-order valence-corrected chi connectivity index (χ2v) is 4.75. The molecule has 1 aromatic rings. The Labute approximate surface area is 108 Å². The van der Waals surface area contributed by atoms with E-state index < -0.39 is 5.92 Å². The quantitative estimate of drug-likeness (QED) is 0.781. The van der Waals surface area contributed by atoms with Crippen LogP contribution in [-0.2, 0) is 0 Å². The van der Waals surface area contributed by atoms with Gasteiger partial charge in [0.2, 0.25) is 0 Å². The summed E-state index contributed by atoms with van der Waals surface area (Å²) in [5, 5.41) is 9.48. The van der Waals surface area contributed by atoms with Crippen LogP contribution in [0.4, 0.5) is 0 Å². The number of halogens is 2. The smallest absolute Gasteiger partial charge is 0.181 e. The lowest BCUT2D eigenvalue weighted by atomic mass is 9.95. The SMILES string of the molecule is CCCC(C#N)C(=O)c1ccc(Cl)cc1Br. The highest BCUT2D eigenvalue weighted by Crippen LogP contribution is 2.25. The lowest BCUT2D eigenvalue weighted by Crippen LogP contribution is -2.13. The van der Waals surface area contributed by atoms with E-state index in [9.17, 15) is 4.79 Å². The Bertz CT molecular complexity index is 439. The molecule has 0 radical (unpaired) electrons. The Kier molecular flexibility index (Phi) is 4.98. The fraction of sp³-hybridized carbons (Fsp3) is 0.333. The van der Waals surface area contributed by atoms with Crippen molar-refractivity contribution in [3.8, 4) is 6.07 Å². The van der Waals surface area contributed by atoms with E-state index in [1.807, 2.05) is 13.0 Å². The molecule has 0 aliphatic carbocycles. The minimum atomic E-state index is -0.567. The summed E-state index contributed by atoms with van der Waals surface area (Å²) in [7, 11) is 0. The Morgan fingerprint density at radius 1 is 1.62 bits per heavy atom. The number of carbonyl (C=O) groups is 1. The van der Waals surface area contributed by atoms with Crippen LogP contribution in [-0.4, -0.2) is 5.78 Å². The van der Waals surface area contributed by atoms with Crippen LogP contribution in [0.5, 0.6) is 0 Å². The molecule has 0 bridgehead atoms. The Morgan fingerprint density at radius 3 is 2.81 bits per heavy atom. The first-order valence-corrected chi connectivity index (χ1v) is 6.16. The highest BCUT2D eigenvalue weighted by atomic mass is 79.9. The van der Waals surface area contributed by atoms with Gasteiger partial charge in [-0.3, -0.25) is 4.79 Å². The third kappa shape index (κ3) is 3.07. The average molecular weight is 301 g/mol. The van der Waals surface area contributed by atoms with Crippen molar-refractivity contribution in [2.75, 3.05) is 0 Å². The minimum Gasteiger partial charge on any atom is -0.293 e. The standard InChI is InChI=1S/C12H11BrClNO/c1-2-3-8(7-15)12(16)10-5-4-9(14)6-11(10)13/h4-6,8H,2-3H2,1H3. The predicted molar refractivity (Wildman–Crippen MR) is 67.5 cm³/mol. The number of hydrogen-bond donors (Lipinski definition) is 0. The zero-order valence-corrected chi connectivity index (χ0v) is 11.2. The van der Waals surface area contributed by atoms with Gasteiger partial charge in [-0.2, -0.15) is 5.26 Å². The first kappa shape index (κ1) is 13.2.